The number of carbonyl (C=O) groups excluding carboxylic acids is 1. The Bertz CT molecular complexity index is 881. The lowest BCUT2D eigenvalue weighted by atomic mass is 9.66. The third-order valence-electron chi connectivity index (χ3n) is 9.41. The summed E-state index contributed by atoms with van der Waals surface area (Å²) in [6, 6.07) is 7.22. The van der Waals surface area contributed by atoms with Crippen molar-refractivity contribution in [3.05, 3.63) is 23.8 Å². The molecule has 1 amide bonds. The van der Waals surface area contributed by atoms with E-state index >= 15 is 0 Å². The fourth-order valence-electron chi connectivity index (χ4n) is 6.66. The van der Waals surface area contributed by atoms with Crippen LogP contribution in [0.5, 0.6) is 0 Å². The number of anilines is 2. The molecule has 0 N–H and O–H groups in total. The van der Waals surface area contributed by atoms with Crippen molar-refractivity contribution in [1.29, 1.82) is 0 Å². The molecule has 0 bridgehead atoms. The summed E-state index contributed by atoms with van der Waals surface area (Å²) < 4.78 is 11.2. The molecule has 1 aliphatic carbocycles. The van der Waals surface area contributed by atoms with Crippen LogP contribution in [-0.4, -0.2) is 69.1 Å². The summed E-state index contributed by atoms with van der Waals surface area (Å²) in [5.74, 6) is 0.613. The number of carbonyl (C=O) groups is 1. The van der Waals surface area contributed by atoms with E-state index in [2.05, 4.69) is 41.8 Å². The van der Waals surface area contributed by atoms with Crippen molar-refractivity contribution in [2.24, 2.45) is 5.41 Å². The van der Waals surface area contributed by atoms with Gasteiger partial charge < -0.3 is 24.2 Å². The maximum Gasteiger partial charge on any atom is 0.410 e. The van der Waals surface area contributed by atoms with Crippen molar-refractivity contribution in [2.75, 3.05) is 56.2 Å². The second-order valence-electron chi connectivity index (χ2n) is 12.6. The molecule has 1 aromatic carbocycles. The number of nitrogens with zero attached hydrogens (tertiary/aromatic N) is 3. The Morgan fingerprint density at radius 3 is 2.08 bits per heavy atom. The van der Waals surface area contributed by atoms with Gasteiger partial charge in [0.1, 0.15) is 5.60 Å². The third kappa shape index (κ3) is 6.74. The van der Waals surface area contributed by atoms with E-state index in [1.54, 1.807) is 0 Å². The Morgan fingerprint density at radius 2 is 1.54 bits per heavy atom. The molecule has 0 aromatic heterocycles. The highest BCUT2D eigenvalue weighted by Crippen LogP contribution is 2.49. The topological polar surface area (TPSA) is 45.2 Å². The fourth-order valence-corrected chi connectivity index (χ4v) is 6.66. The smallest absolute Gasteiger partial charge is 0.410 e. The van der Waals surface area contributed by atoms with E-state index in [9.17, 15) is 4.79 Å². The van der Waals surface area contributed by atoms with Crippen molar-refractivity contribution >= 4 is 17.5 Å². The maximum atomic E-state index is 12.6. The van der Waals surface area contributed by atoms with Gasteiger partial charge in [-0.05, 0) is 94.4 Å². The Balaban J connectivity index is 1.52. The van der Waals surface area contributed by atoms with Crippen LogP contribution in [0.3, 0.4) is 0 Å². The lowest BCUT2D eigenvalue weighted by molar-refractivity contribution is 0.0240. The summed E-state index contributed by atoms with van der Waals surface area (Å²) in [6.45, 7) is 15.8. The molecule has 0 radical (unpaired) electrons. The van der Waals surface area contributed by atoms with Crippen molar-refractivity contribution in [3.8, 4) is 0 Å². The zero-order valence-electron chi connectivity index (χ0n) is 24.4. The summed E-state index contributed by atoms with van der Waals surface area (Å²) in [7, 11) is 1.84. The SMILES string of the molecule is CCC1(CC)CCC(c2cc(N3CCC(OC)CC3)ccc2N2CCN(C(=O)OC(C)(C)C)CC2)CC1. The first kappa shape index (κ1) is 28.1. The van der Waals surface area contributed by atoms with Crippen LogP contribution in [0.1, 0.15) is 97.5 Å². The van der Waals surface area contributed by atoms with Crippen molar-refractivity contribution in [2.45, 2.75) is 104 Å². The van der Waals surface area contributed by atoms with Gasteiger partial charge in [0, 0.05) is 57.8 Å². The van der Waals surface area contributed by atoms with E-state index < -0.39 is 5.60 Å². The van der Waals surface area contributed by atoms with Crippen LogP contribution in [-0.2, 0) is 9.47 Å². The lowest BCUT2D eigenvalue weighted by Crippen LogP contribution is -2.50. The van der Waals surface area contributed by atoms with Gasteiger partial charge in [-0.2, -0.15) is 0 Å². The molecule has 0 atom stereocenters. The van der Waals surface area contributed by atoms with Gasteiger partial charge in [-0.1, -0.05) is 26.7 Å². The average Bonchev–Trinajstić information content (AvgIpc) is 2.92. The van der Waals surface area contributed by atoms with E-state index in [1.165, 1.54) is 55.5 Å². The molecule has 3 aliphatic rings. The first-order valence-electron chi connectivity index (χ1n) is 14.8. The van der Waals surface area contributed by atoms with E-state index in [0.717, 1.165) is 39.0 Å². The molecule has 1 aromatic rings. The van der Waals surface area contributed by atoms with Gasteiger partial charge in [-0.3, -0.25) is 0 Å². The number of hydrogen-bond donors (Lipinski definition) is 0. The predicted molar refractivity (Wildman–Crippen MR) is 153 cm³/mol. The molecule has 2 heterocycles. The summed E-state index contributed by atoms with van der Waals surface area (Å²) in [4.78, 5) is 19.6. The second-order valence-corrected chi connectivity index (χ2v) is 12.6. The molecule has 2 aliphatic heterocycles. The quantitative estimate of drug-likeness (QED) is 0.417. The number of piperazine rings is 1. The molecule has 2 saturated heterocycles. The minimum atomic E-state index is -0.456. The number of rotatable bonds is 6. The molecule has 1 saturated carbocycles. The standard InChI is InChI=1S/C31H51N3O3/c1-7-31(8-2)15-11-24(12-16-31)27-23-25(32-17-13-26(36-6)14-18-32)9-10-28(27)33-19-21-34(22-20-33)29(35)37-30(3,4)5/h9-10,23-24,26H,7-8,11-22H2,1-6H3. The van der Waals surface area contributed by atoms with Gasteiger partial charge >= 0.3 is 6.09 Å². The summed E-state index contributed by atoms with van der Waals surface area (Å²) in [6.07, 6.45) is 10.2. The van der Waals surface area contributed by atoms with Crippen molar-refractivity contribution in [3.63, 3.8) is 0 Å². The molecule has 3 fully saturated rings. The zero-order valence-corrected chi connectivity index (χ0v) is 24.4. The second kappa shape index (κ2) is 11.8. The van der Waals surface area contributed by atoms with Crippen LogP contribution in [0.15, 0.2) is 18.2 Å². The Morgan fingerprint density at radius 1 is 0.919 bits per heavy atom. The number of piperidine rings is 1. The number of ether oxygens (including phenoxy) is 2. The first-order valence-corrected chi connectivity index (χ1v) is 14.8. The van der Waals surface area contributed by atoms with Gasteiger partial charge in [-0.15, -0.1) is 0 Å². The van der Waals surface area contributed by atoms with Crippen LogP contribution in [0.4, 0.5) is 16.2 Å². The summed E-state index contributed by atoms with van der Waals surface area (Å²) in [5, 5.41) is 0. The van der Waals surface area contributed by atoms with Crippen LogP contribution in [0, 0.1) is 5.41 Å². The highest BCUT2D eigenvalue weighted by Gasteiger charge is 2.35. The van der Waals surface area contributed by atoms with Crippen LogP contribution < -0.4 is 9.80 Å². The fraction of sp³-hybridized carbons (Fsp3) is 0.774. The molecule has 4 rings (SSSR count). The van der Waals surface area contributed by atoms with Gasteiger partial charge in [0.2, 0.25) is 0 Å². The number of methoxy groups -OCH3 is 1. The summed E-state index contributed by atoms with van der Waals surface area (Å²) >= 11 is 0. The van der Waals surface area contributed by atoms with Gasteiger partial charge in [0.15, 0.2) is 0 Å². The summed E-state index contributed by atoms with van der Waals surface area (Å²) in [5.41, 5.74) is 4.35. The molecular formula is C31H51N3O3. The molecule has 208 valence electrons. The number of benzene rings is 1. The predicted octanol–water partition coefficient (Wildman–Crippen LogP) is 6.82. The first-order chi connectivity index (χ1) is 17.7. The van der Waals surface area contributed by atoms with E-state index in [4.69, 9.17) is 9.47 Å². The minimum Gasteiger partial charge on any atom is -0.444 e. The van der Waals surface area contributed by atoms with Crippen LogP contribution >= 0.6 is 0 Å². The molecule has 6 heteroatoms. The van der Waals surface area contributed by atoms with Crippen LogP contribution in [0.25, 0.3) is 0 Å². The molecule has 37 heavy (non-hydrogen) atoms. The van der Waals surface area contributed by atoms with Gasteiger partial charge in [0.05, 0.1) is 6.10 Å². The Kier molecular flexibility index (Phi) is 8.98. The average molecular weight is 514 g/mol. The maximum absolute atomic E-state index is 12.6. The highest BCUT2D eigenvalue weighted by atomic mass is 16.6. The number of amides is 1. The monoisotopic (exact) mass is 513 g/mol. The molecule has 6 nitrogen and oxygen atoms in total. The third-order valence-corrected chi connectivity index (χ3v) is 9.41. The largest absolute Gasteiger partial charge is 0.444 e. The Hall–Kier alpha value is -1.95. The van der Waals surface area contributed by atoms with Crippen molar-refractivity contribution in [1.82, 2.24) is 4.90 Å². The van der Waals surface area contributed by atoms with Gasteiger partial charge in [-0.25, -0.2) is 4.79 Å². The molecular weight excluding hydrogens is 462 g/mol. The highest BCUT2D eigenvalue weighted by molar-refractivity contribution is 5.69. The minimum absolute atomic E-state index is 0.190. The van der Waals surface area contributed by atoms with E-state index in [-0.39, 0.29) is 6.09 Å². The molecule has 0 unspecified atom stereocenters. The Labute approximate surface area is 225 Å². The normalized spacial score (nSPS) is 21.8. The van der Waals surface area contributed by atoms with Gasteiger partial charge in [0.25, 0.3) is 0 Å². The lowest BCUT2D eigenvalue weighted by Gasteiger charge is -2.42. The van der Waals surface area contributed by atoms with E-state index in [0.29, 0.717) is 30.5 Å². The molecule has 0 spiro atoms. The van der Waals surface area contributed by atoms with Crippen LogP contribution in [0.2, 0.25) is 0 Å². The zero-order chi connectivity index (χ0) is 26.6. The van der Waals surface area contributed by atoms with Crippen molar-refractivity contribution < 1.29 is 14.3 Å². The van der Waals surface area contributed by atoms with E-state index in [1.807, 2.05) is 32.8 Å². The number of hydrogen-bond acceptors (Lipinski definition) is 5.